The highest BCUT2D eigenvalue weighted by Gasteiger charge is 2.47. The number of piperidine rings is 1. The molecule has 0 atom stereocenters. The molecule has 1 aliphatic rings. The molecule has 1 aliphatic heterocycles. The first-order valence-electron chi connectivity index (χ1n) is 5.67. The second-order valence-corrected chi connectivity index (χ2v) is 7.75. The fourth-order valence-electron chi connectivity index (χ4n) is 2.86. The van der Waals surface area contributed by atoms with Crippen LogP contribution in [0.2, 0.25) is 0 Å². The Morgan fingerprint density at radius 2 is 1.47 bits per heavy atom. The monoisotopic (exact) mass is 233 g/mol. The number of hydrogen-bond acceptors (Lipinski definition) is 2. The summed E-state index contributed by atoms with van der Waals surface area (Å²) >= 11 is 0. The van der Waals surface area contributed by atoms with Crippen LogP contribution in [0.1, 0.15) is 53.9 Å². The van der Waals surface area contributed by atoms with E-state index < -0.39 is 10.0 Å². The summed E-state index contributed by atoms with van der Waals surface area (Å²) in [5.74, 6) is 0.194. The number of nitrogens with zero attached hydrogens (tertiary/aromatic N) is 1. The fourth-order valence-corrected chi connectivity index (χ4v) is 4.81. The molecule has 1 rings (SSSR count). The van der Waals surface area contributed by atoms with Gasteiger partial charge in [0, 0.05) is 11.1 Å². The lowest BCUT2D eigenvalue weighted by Gasteiger charge is -2.51. The van der Waals surface area contributed by atoms with E-state index >= 15 is 0 Å². The molecule has 15 heavy (non-hydrogen) atoms. The zero-order chi connectivity index (χ0) is 11.9. The van der Waals surface area contributed by atoms with Crippen molar-refractivity contribution >= 4 is 10.0 Å². The van der Waals surface area contributed by atoms with Gasteiger partial charge < -0.3 is 0 Å². The quantitative estimate of drug-likeness (QED) is 0.734. The van der Waals surface area contributed by atoms with Crippen molar-refractivity contribution in [3.8, 4) is 0 Å². The van der Waals surface area contributed by atoms with Crippen LogP contribution in [0.3, 0.4) is 0 Å². The minimum Gasteiger partial charge on any atom is -0.212 e. The molecule has 1 heterocycles. The van der Waals surface area contributed by atoms with Crippen LogP contribution in [0.4, 0.5) is 0 Å². The summed E-state index contributed by atoms with van der Waals surface area (Å²) in [7, 11) is -3.10. The Balaban J connectivity index is 3.19. The molecule has 0 unspecified atom stereocenters. The first-order chi connectivity index (χ1) is 6.63. The maximum absolute atomic E-state index is 12.1. The molecule has 0 saturated carbocycles. The van der Waals surface area contributed by atoms with Crippen molar-refractivity contribution in [2.45, 2.75) is 65.0 Å². The maximum atomic E-state index is 12.1. The predicted octanol–water partition coefficient (Wildman–Crippen LogP) is 2.38. The molecule has 90 valence electrons. The molecule has 0 aliphatic carbocycles. The number of rotatable bonds is 2. The van der Waals surface area contributed by atoms with Gasteiger partial charge in [0.15, 0.2) is 0 Å². The molecular weight excluding hydrogens is 210 g/mol. The molecule has 1 saturated heterocycles. The van der Waals surface area contributed by atoms with Crippen molar-refractivity contribution in [3.63, 3.8) is 0 Å². The molecule has 0 aromatic carbocycles. The molecular formula is C11H23NO2S. The van der Waals surface area contributed by atoms with Gasteiger partial charge >= 0.3 is 0 Å². The molecule has 0 amide bonds. The van der Waals surface area contributed by atoms with Crippen LogP contribution in [-0.4, -0.2) is 29.6 Å². The standard InChI is InChI=1S/C11H23NO2S/c1-6-15(13,14)12-10(2,3)8-7-9-11(12,4)5/h6-9H2,1-5H3. The van der Waals surface area contributed by atoms with Crippen molar-refractivity contribution in [2.75, 3.05) is 5.75 Å². The molecule has 0 aromatic heterocycles. The van der Waals surface area contributed by atoms with E-state index in [2.05, 4.69) is 0 Å². The number of sulfonamides is 1. The SMILES string of the molecule is CCS(=O)(=O)N1C(C)(C)CCCC1(C)C. The summed E-state index contributed by atoms with van der Waals surface area (Å²) in [5.41, 5.74) is -0.479. The predicted molar refractivity (Wildman–Crippen MR) is 63.3 cm³/mol. The Bertz CT molecular complexity index is 314. The van der Waals surface area contributed by atoms with Crippen molar-refractivity contribution in [1.29, 1.82) is 0 Å². The second-order valence-electron chi connectivity index (χ2n) is 5.64. The van der Waals surface area contributed by atoms with Gasteiger partial charge in [0.25, 0.3) is 0 Å². The molecule has 3 nitrogen and oxygen atoms in total. The van der Waals surface area contributed by atoms with Crippen LogP contribution in [0.25, 0.3) is 0 Å². The van der Waals surface area contributed by atoms with E-state index in [1.54, 1.807) is 11.2 Å². The Hall–Kier alpha value is -0.0900. The normalized spacial score (nSPS) is 26.5. The third-order valence-corrected chi connectivity index (χ3v) is 5.59. The summed E-state index contributed by atoms with van der Waals surface area (Å²) in [4.78, 5) is 0. The molecule has 0 radical (unpaired) electrons. The largest absolute Gasteiger partial charge is 0.214 e. The average molecular weight is 233 g/mol. The summed E-state index contributed by atoms with van der Waals surface area (Å²) in [6, 6.07) is 0. The van der Waals surface area contributed by atoms with E-state index in [0.29, 0.717) is 0 Å². The van der Waals surface area contributed by atoms with Gasteiger partial charge in [-0.2, -0.15) is 4.31 Å². The van der Waals surface area contributed by atoms with Crippen LogP contribution >= 0.6 is 0 Å². The molecule has 4 heteroatoms. The highest BCUT2D eigenvalue weighted by molar-refractivity contribution is 7.89. The van der Waals surface area contributed by atoms with Gasteiger partial charge in [0.2, 0.25) is 10.0 Å². The van der Waals surface area contributed by atoms with E-state index in [1.165, 1.54) is 0 Å². The van der Waals surface area contributed by atoms with E-state index in [0.717, 1.165) is 19.3 Å². The first-order valence-corrected chi connectivity index (χ1v) is 7.28. The van der Waals surface area contributed by atoms with Gasteiger partial charge in [0.05, 0.1) is 5.75 Å². The zero-order valence-electron chi connectivity index (χ0n) is 10.5. The van der Waals surface area contributed by atoms with Gasteiger partial charge in [-0.15, -0.1) is 0 Å². The minimum atomic E-state index is -3.10. The van der Waals surface area contributed by atoms with Crippen LogP contribution in [0.5, 0.6) is 0 Å². The van der Waals surface area contributed by atoms with Gasteiger partial charge in [-0.05, 0) is 53.9 Å². The topological polar surface area (TPSA) is 37.4 Å². The first kappa shape index (κ1) is 13.0. The van der Waals surface area contributed by atoms with Gasteiger partial charge in [0.1, 0.15) is 0 Å². The van der Waals surface area contributed by atoms with E-state index in [1.807, 2.05) is 27.7 Å². The highest BCUT2D eigenvalue weighted by Crippen LogP contribution is 2.40. The van der Waals surface area contributed by atoms with Crippen LogP contribution in [-0.2, 0) is 10.0 Å². The smallest absolute Gasteiger partial charge is 0.212 e. The summed E-state index contributed by atoms with van der Waals surface area (Å²) in [6.45, 7) is 9.83. The molecule has 1 fully saturated rings. The zero-order valence-corrected chi connectivity index (χ0v) is 11.3. The van der Waals surface area contributed by atoms with E-state index in [-0.39, 0.29) is 16.8 Å². The summed E-state index contributed by atoms with van der Waals surface area (Å²) in [6.07, 6.45) is 3.01. The third kappa shape index (κ3) is 2.36. The van der Waals surface area contributed by atoms with Crippen molar-refractivity contribution in [2.24, 2.45) is 0 Å². The van der Waals surface area contributed by atoms with Crippen LogP contribution in [0.15, 0.2) is 0 Å². The highest BCUT2D eigenvalue weighted by atomic mass is 32.2. The van der Waals surface area contributed by atoms with E-state index in [9.17, 15) is 8.42 Å². The van der Waals surface area contributed by atoms with Crippen LogP contribution in [0, 0.1) is 0 Å². The maximum Gasteiger partial charge on any atom is 0.214 e. The average Bonchev–Trinajstić information content (AvgIpc) is 1.99. The fraction of sp³-hybridized carbons (Fsp3) is 1.00. The lowest BCUT2D eigenvalue weighted by Crippen LogP contribution is -2.61. The Labute approximate surface area is 93.9 Å². The lowest BCUT2D eigenvalue weighted by atomic mass is 9.83. The Morgan fingerprint density at radius 3 is 1.80 bits per heavy atom. The van der Waals surface area contributed by atoms with E-state index in [4.69, 9.17) is 0 Å². The second kappa shape index (κ2) is 3.74. The minimum absolute atomic E-state index is 0.194. The summed E-state index contributed by atoms with van der Waals surface area (Å²) in [5, 5.41) is 0. The van der Waals surface area contributed by atoms with Crippen molar-refractivity contribution in [1.82, 2.24) is 4.31 Å². The van der Waals surface area contributed by atoms with Gasteiger partial charge in [-0.1, -0.05) is 0 Å². The van der Waals surface area contributed by atoms with Gasteiger partial charge in [-0.3, -0.25) is 0 Å². The molecule has 0 aromatic rings. The number of hydrogen-bond donors (Lipinski definition) is 0. The molecule has 0 spiro atoms. The third-order valence-electron chi connectivity index (χ3n) is 3.32. The summed E-state index contributed by atoms with van der Waals surface area (Å²) < 4.78 is 26.0. The van der Waals surface area contributed by atoms with Crippen LogP contribution < -0.4 is 0 Å². The Kier molecular flexibility index (Phi) is 3.23. The van der Waals surface area contributed by atoms with Crippen molar-refractivity contribution in [3.05, 3.63) is 0 Å². The molecule has 0 bridgehead atoms. The Morgan fingerprint density at radius 1 is 1.07 bits per heavy atom. The van der Waals surface area contributed by atoms with Crippen molar-refractivity contribution < 1.29 is 8.42 Å². The molecule has 0 N–H and O–H groups in total. The lowest BCUT2D eigenvalue weighted by molar-refractivity contribution is 0.0560. The van der Waals surface area contributed by atoms with Gasteiger partial charge in [-0.25, -0.2) is 8.42 Å².